The van der Waals surface area contributed by atoms with E-state index in [1.807, 2.05) is 18.7 Å². The monoisotopic (exact) mass is 362 g/mol. The Morgan fingerprint density at radius 1 is 1.08 bits per heavy atom. The minimum Gasteiger partial charge on any atom is -0.496 e. The molecule has 1 aliphatic rings. The molecule has 1 saturated heterocycles. The van der Waals surface area contributed by atoms with Crippen LogP contribution in [0.15, 0.2) is 18.2 Å². The lowest BCUT2D eigenvalue weighted by Gasteiger charge is -2.31. The lowest BCUT2D eigenvalue weighted by Crippen LogP contribution is -2.50. The fraction of sp³-hybridized carbons (Fsp3) is 0.600. The van der Waals surface area contributed by atoms with Crippen LogP contribution >= 0.6 is 0 Å². The van der Waals surface area contributed by atoms with Gasteiger partial charge in [0.15, 0.2) is 0 Å². The first-order valence-electron chi connectivity index (χ1n) is 9.28. The minimum absolute atomic E-state index is 0.000569. The van der Waals surface area contributed by atoms with E-state index in [1.54, 1.807) is 18.2 Å². The molecule has 1 fully saturated rings. The van der Waals surface area contributed by atoms with E-state index in [0.717, 1.165) is 32.4 Å². The third kappa shape index (κ3) is 4.90. The minimum atomic E-state index is -0.546. The van der Waals surface area contributed by atoms with E-state index in [0.29, 0.717) is 23.5 Å². The lowest BCUT2D eigenvalue weighted by molar-refractivity contribution is -0.134. The van der Waals surface area contributed by atoms with Gasteiger partial charge in [0.2, 0.25) is 5.91 Å². The van der Waals surface area contributed by atoms with Gasteiger partial charge in [0.1, 0.15) is 23.1 Å². The third-order valence-corrected chi connectivity index (χ3v) is 4.63. The SMILES string of the molecule is COc1cccc(OC)c1C(=O)N[C@@H](CC(C)C)C(=O)N1CCCCC1. The predicted octanol–water partition coefficient (Wildman–Crippen LogP) is 2.86. The second-order valence-electron chi connectivity index (χ2n) is 7.08. The maximum atomic E-state index is 13.0. The number of carbonyl (C=O) groups excluding carboxylic acids is 2. The van der Waals surface area contributed by atoms with E-state index < -0.39 is 6.04 Å². The van der Waals surface area contributed by atoms with Crippen molar-refractivity contribution in [3.05, 3.63) is 23.8 Å². The van der Waals surface area contributed by atoms with E-state index in [2.05, 4.69) is 5.32 Å². The van der Waals surface area contributed by atoms with Crippen molar-refractivity contribution in [2.24, 2.45) is 5.92 Å². The summed E-state index contributed by atoms with van der Waals surface area (Å²) in [5.74, 6) is 0.788. The van der Waals surface area contributed by atoms with Crippen LogP contribution in [0.3, 0.4) is 0 Å². The summed E-state index contributed by atoms with van der Waals surface area (Å²) in [5.41, 5.74) is 0.317. The van der Waals surface area contributed by atoms with Crippen LogP contribution in [0, 0.1) is 5.92 Å². The van der Waals surface area contributed by atoms with Crippen LogP contribution in [0.25, 0.3) is 0 Å². The summed E-state index contributed by atoms with van der Waals surface area (Å²) >= 11 is 0. The number of ether oxygens (including phenoxy) is 2. The molecule has 1 aromatic carbocycles. The Morgan fingerprint density at radius 3 is 2.15 bits per heavy atom. The van der Waals surface area contributed by atoms with Crippen LogP contribution in [-0.4, -0.2) is 50.1 Å². The molecule has 26 heavy (non-hydrogen) atoms. The van der Waals surface area contributed by atoms with Crippen molar-refractivity contribution in [1.29, 1.82) is 0 Å². The number of hydrogen-bond donors (Lipinski definition) is 1. The van der Waals surface area contributed by atoms with Gasteiger partial charge in [-0.2, -0.15) is 0 Å². The van der Waals surface area contributed by atoms with Crippen molar-refractivity contribution in [2.45, 2.75) is 45.6 Å². The van der Waals surface area contributed by atoms with Gasteiger partial charge in [-0.1, -0.05) is 19.9 Å². The molecular weight excluding hydrogens is 332 g/mol. The number of nitrogens with zero attached hydrogens (tertiary/aromatic N) is 1. The molecule has 1 aromatic rings. The van der Waals surface area contributed by atoms with Gasteiger partial charge in [-0.05, 0) is 43.7 Å². The molecule has 0 radical (unpaired) electrons. The van der Waals surface area contributed by atoms with Gasteiger partial charge < -0.3 is 19.7 Å². The average Bonchev–Trinajstić information content (AvgIpc) is 2.66. The Kier molecular flexibility index (Phi) is 7.30. The molecule has 1 atom stereocenters. The molecule has 1 N–H and O–H groups in total. The number of carbonyl (C=O) groups is 2. The van der Waals surface area contributed by atoms with Crippen molar-refractivity contribution in [3.63, 3.8) is 0 Å². The number of rotatable bonds is 7. The molecule has 0 saturated carbocycles. The second kappa shape index (κ2) is 9.46. The predicted molar refractivity (Wildman–Crippen MR) is 101 cm³/mol. The summed E-state index contributed by atoms with van der Waals surface area (Å²) in [7, 11) is 3.02. The van der Waals surface area contributed by atoms with Crippen molar-refractivity contribution in [1.82, 2.24) is 10.2 Å². The first-order chi connectivity index (χ1) is 12.5. The van der Waals surface area contributed by atoms with Crippen molar-refractivity contribution >= 4 is 11.8 Å². The Bertz CT molecular complexity index is 602. The molecule has 1 heterocycles. The van der Waals surface area contributed by atoms with E-state index in [1.165, 1.54) is 14.2 Å². The fourth-order valence-corrected chi connectivity index (χ4v) is 3.33. The highest BCUT2D eigenvalue weighted by Crippen LogP contribution is 2.28. The molecule has 6 nitrogen and oxygen atoms in total. The topological polar surface area (TPSA) is 67.9 Å². The number of methoxy groups -OCH3 is 2. The maximum Gasteiger partial charge on any atom is 0.259 e. The van der Waals surface area contributed by atoms with Crippen molar-refractivity contribution < 1.29 is 19.1 Å². The molecule has 0 bridgehead atoms. The molecule has 144 valence electrons. The number of piperidine rings is 1. The number of benzene rings is 1. The largest absolute Gasteiger partial charge is 0.496 e. The van der Waals surface area contributed by atoms with E-state index in [9.17, 15) is 9.59 Å². The van der Waals surface area contributed by atoms with Crippen LogP contribution in [0.2, 0.25) is 0 Å². The average molecular weight is 362 g/mol. The molecule has 0 aromatic heterocycles. The van der Waals surface area contributed by atoms with Gasteiger partial charge in [0.25, 0.3) is 5.91 Å². The first-order valence-corrected chi connectivity index (χ1v) is 9.28. The van der Waals surface area contributed by atoms with Crippen LogP contribution in [0.1, 0.15) is 49.9 Å². The molecule has 2 rings (SSSR count). The zero-order chi connectivity index (χ0) is 19.1. The van der Waals surface area contributed by atoms with E-state index >= 15 is 0 Å². The molecule has 0 spiro atoms. The molecular formula is C20H30N2O4. The van der Waals surface area contributed by atoms with Gasteiger partial charge in [-0.25, -0.2) is 0 Å². The van der Waals surface area contributed by atoms with Crippen LogP contribution in [0.5, 0.6) is 11.5 Å². The summed E-state index contributed by atoms with van der Waals surface area (Å²) in [6, 6.07) is 4.64. The van der Waals surface area contributed by atoms with Crippen LogP contribution < -0.4 is 14.8 Å². The second-order valence-corrected chi connectivity index (χ2v) is 7.08. The van der Waals surface area contributed by atoms with Crippen LogP contribution in [0.4, 0.5) is 0 Å². The highest BCUT2D eigenvalue weighted by atomic mass is 16.5. The zero-order valence-corrected chi connectivity index (χ0v) is 16.2. The van der Waals surface area contributed by atoms with E-state index in [-0.39, 0.29) is 17.7 Å². The number of amides is 2. The van der Waals surface area contributed by atoms with Crippen LogP contribution in [-0.2, 0) is 4.79 Å². The zero-order valence-electron chi connectivity index (χ0n) is 16.2. The lowest BCUT2D eigenvalue weighted by atomic mass is 10.0. The molecule has 0 unspecified atom stereocenters. The Hall–Kier alpha value is -2.24. The van der Waals surface area contributed by atoms with Gasteiger partial charge >= 0.3 is 0 Å². The van der Waals surface area contributed by atoms with E-state index in [4.69, 9.17) is 9.47 Å². The highest BCUT2D eigenvalue weighted by Gasteiger charge is 2.29. The number of likely N-dealkylation sites (tertiary alicyclic amines) is 1. The Morgan fingerprint density at radius 2 is 1.65 bits per heavy atom. The molecule has 2 amide bonds. The standard InChI is InChI=1S/C20H30N2O4/c1-14(2)13-15(20(24)22-11-6-5-7-12-22)21-19(23)18-16(25-3)9-8-10-17(18)26-4/h8-10,14-15H,5-7,11-13H2,1-4H3,(H,21,23)/t15-/m0/s1. The van der Waals surface area contributed by atoms with Gasteiger partial charge in [0, 0.05) is 13.1 Å². The Labute approximate surface area is 155 Å². The fourth-order valence-electron chi connectivity index (χ4n) is 3.33. The van der Waals surface area contributed by atoms with Gasteiger partial charge in [0.05, 0.1) is 14.2 Å². The molecule has 0 aliphatic carbocycles. The van der Waals surface area contributed by atoms with Crippen molar-refractivity contribution in [3.8, 4) is 11.5 Å². The smallest absolute Gasteiger partial charge is 0.259 e. The molecule has 1 aliphatic heterocycles. The van der Waals surface area contributed by atoms with Gasteiger partial charge in [-0.3, -0.25) is 9.59 Å². The third-order valence-electron chi connectivity index (χ3n) is 4.63. The maximum absolute atomic E-state index is 13.0. The summed E-state index contributed by atoms with van der Waals surface area (Å²) < 4.78 is 10.6. The normalized spacial score (nSPS) is 15.5. The quantitative estimate of drug-likeness (QED) is 0.810. The Balaban J connectivity index is 2.22. The van der Waals surface area contributed by atoms with Crippen molar-refractivity contribution in [2.75, 3.05) is 27.3 Å². The summed E-state index contributed by atoms with van der Waals surface area (Å²) in [5, 5.41) is 2.92. The van der Waals surface area contributed by atoms with Gasteiger partial charge in [-0.15, -0.1) is 0 Å². The first kappa shape index (κ1) is 20.1. The highest BCUT2D eigenvalue weighted by molar-refractivity contribution is 6.02. The summed E-state index contributed by atoms with van der Waals surface area (Å²) in [6.07, 6.45) is 3.80. The number of nitrogens with one attached hydrogen (secondary N) is 1. The molecule has 6 heteroatoms. The summed E-state index contributed by atoms with van der Waals surface area (Å²) in [4.78, 5) is 27.8. The summed E-state index contributed by atoms with van der Waals surface area (Å²) in [6.45, 7) is 5.63. The number of hydrogen-bond acceptors (Lipinski definition) is 4.